The van der Waals surface area contributed by atoms with E-state index < -0.39 is 0 Å². The van der Waals surface area contributed by atoms with Crippen molar-refractivity contribution in [2.24, 2.45) is 0 Å². The van der Waals surface area contributed by atoms with E-state index in [2.05, 4.69) is 5.32 Å². The first-order valence-electron chi connectivity index (χ1n) is 7.25. The normalized spacial score (nSPS) is 10.2. The van der Waals surface area contributed by atoms with E-state index >= 15 is 0 Å². The van der Waals surface area contributed by atoms with Gasteiger partial charge < -0.3 is 19.5 Å². The maximum atomic E-state index is 12.3. The Balaban J connectivity index is 2.09. The Labute approximate surface area is 136 Å². The summed E-state index contributed by atoms with van der Waals surface area (Å²) in [5.41, 5.74) is 2.41. The number of hydrogen-bond donors (Lipinski definition) is 1. The number of methoxy groups -OCH3 is 3. The molecular weight excluding hydrogens is 294 g/mol. The minimum Gasteiger partial charge on any atom is -0.493 e. The lowest BCUT2D eigenvalue weighted by Gasteiger charge is -2.13. The van der Waals surface area contributed by atoms with E-state index in [-0.39, 0.29) is 5.91 Å². The molecule has 0 unspecified atom stereocenters. The zero-order chi connectivity index (χ0) is 16.7. The van der Waals surface area contributed by atoms with Crippen LogP contribution in [0.5, 0.6) is 11.5 Å². The van der Waals surface area contributed by atoms with Crippen LogP contribution in [0.15, 0.2) is 42.5 Å². The second kappa shape index (κ2) is 8.19. The molecule has 2 aromatic carbocycles. The summed E-state index contributed by atoms with van der Waals surface area (Å²) in [7, 11) is 4.79. The van der Waals surface area contributed by atoms with Gasteiger partial charge in [0.1, 0.15) is 0 Å². The van der Waals surface area contributed by atoms with Gasteiger partial charge in [0.2, 0.25) is 0 Å². The molecule has 2 rings (SSSR count). The average Bonchev–Trinajstić information content (AvgIpc) is 2.59. The summed E-state index contributed by atoms with van der Waals surface area (Å²) < 4.78 is 15.7. The summed E-state index contributed by atoms with van der Waals surface area (Å²) >= 11 is 0. The van der Waals surface area contributed by atoms with Gasteiger partial charge in [-0.3, -0.25) is 4.79 Å². The molecule has 0 bridgehead atoms. The number of amides is 1. The van der Waals surface area contributed by atoms with Crippen LogP contribution in [-0.4, -0.2) is 27.2 Å². The van der Waals surface area contributed by atoms with Crippen LogP contribution in [0.4, 0.5) is 0 Å². The second-order valence-corrected chi connectivity index (χ2v) is 4.97. The van der Waals surface area contributed by atoms with Crippen LogP contribution in [0.25, 0.3) is 0 Å². The first kappa shape index (κ1) is 16.8. The number of para-hydroxylation sites is 1. The second-order valence-electron chi connectivity index (χ2n) is 4.97. The van der Waals surface area contributed by atoms with Crippen LogP contribution in [0.2, 0.25) is 0 Å². The van der Waals surface area contributed by atoms with Crippen LogP contribution < -0.4 is 14.8 Å². The van der Waals surface area contributed by atoms with E-state index in [9.17, 15) is 4.79 Å². The fourth-order valence-electron chi connectivity index (χ4n) is 2.34. The smallest absolute Gasteiger partial charge is 0.251 e. The Hall–Kier alpha value is -2.53. The molecule has 0 atom stereocenters. The number of rotatable bonds is 7. The van der Waals surface area contributed by atoms with Crippen molar-refractivity contribution in [1.82, 2.24) is 5.32 Å². The summed E-state index contributed by atoms with van der Waals surface area (Å²) in [5, 5.41) is 2.90. The van der Waals surface area contributed by atoms with E-state index in [1.165, 1.54) is 0 Å². The van der Waals surface area contributed by atoms with E-state index in [1.54, 1.807) is 27.4 Å². The highest BCUT2D eigenvalue weighted by Crippen LogP contribution is 2.30. The van der Waals surface area contributed by atoms with Gasteiger partial charge in [-0.25, -0.2) is 0 Å². The lowest BCUT2D eigenvalue weighted by Crippen LogP contribution is -2.23. The first-order chi connectivity index (χ1) is 11.2. The minimum atomic E-state index is -0.146. The maximum absolute atomic E-state index is 12.3. The highest BCUT2D eigenvalue weighted by atomic mass is 16.5. The predicted octanol–water partition coefficient (Wildman–Crippen LogP) is 2.78. The molecule has 5 heteroatoms. The molecule has 122 valence electrons. The molecule has 23 heavy (non-hydrogen) atoms. The van der Waals surface area contributed by atoms with Crippen LogP contribution in [-0.2, 0) is 17.9 Å². The zero-order valence-corrected chi connectivity index (χ0v) is 13.6. The van der Waals surface area contributed by atoms with Gasteiger partial charge >= 0.3 is 0 Å². The van der Waals surface area contributed by atoms with Crippen LogP contribution >= 0.6 is 0 Å². The van der Waals surface area contributed by atoms with Crippen molar-refractivity contribution in [3.05, 3.63) is 59.2 Å². The van der Waals surface area contributed by atoms with E-state index in [4.69, 9.17) is 14.2 Å². The molecule has 0 saturated heterocycles. The van der Waals surface area contributed by atoms with Gasteiger partial charge in [0.15, 0.2) is 11.5 Å². The number of ether oxygens (including phenoxy) is 3. The fraction of sp³-hybridized carbons (Fsp3) is 0.278. The summed E-state index contributed by atoms with van der Waals surface area (Å²) in [5.74, 6) is 1.12. The lowest BCUT2D eigenvalue weighted by atomic mass is 10.1. The third-order valence-electron chi connectivity index (χ3n) is 3.42. The number of hydrogen-bond acceptors (Lipinski definition) is 4. The largest absolute Gasteiger partial charge is 0.493 e. The van der Waals surface area contributed by atoms with Crippen molar-refractivity contribution in [1.29, 1.82) is 0 Å². The van der Waals surface area contributed by atoms with Gasteiger partial charge in [-0.1, -0.05) is 24.3 Å². The molecule has 0 heterocycles. The van der Waals surface area contributed by atoms with Crippen molar-refractivity contribution < 1.29 is 19.0 Å². The molecule has 0 radical (unpaired) electrons. The maximum Gasteiger partial charge on any atom is 0.251 e. The van der Waals surface area contributed by atoms with Crippen molar-refractivity contribution in [2.45, 2.75) is 13.2 Å². The van der Waals surface area contributed by atoms with E-state index in [0.29, 0.717) is 30.2 Å². The van der Waals surface area contributed by atoms with E-state index in [1.807, 2.05) is 36.4 Å². The SMILES string of the molecule is COCc1cccc(C(=O)NCc2cccc(OC)c2OC)c1. The average molecular weight is 315 g/mol. The Bertz CT molecular complexity index is 670. The van der Waals surface area contributed by atoms with Gasteiger partial charge in [0.05, 0.1) is 20.8 Å². The fourth-order valence-corrected chi connectivity index (χ4v) is 2.34. The molecule has 2 aromatic rings. The summed E-state index contributed by atoms with van der Waals surface area (Å²) in [6, 6.07) is 12.9. The molecule has 0 aromatic heterocycles. The standard InChI is InChI=1S/C18H21NO4/c1-21-12-13-6-4-7-14(10-13)18(20)19-11-15-8-5-9-16(22-2)17(15)23-3/h4-10H,11-12H2,1-3H3,(H,19,20). The van der Waals surface area contributed by atoms with Gasteiger partial charge in [-0.15, -0.1) is 0 Å². The van der Waals surface area contributed by atoms with Crippen molar-refractivity contribution in [3.8, 4) is 11.5 Å². The molecule has 0 fully saturated rings. The van der Waals surface area contributed by atoms with Crippen LogP contribution in [0, 0.1) is 0 Å². The number of carbonyl (C=O) groups excluding carboxylic acids is 1. The Morgan fingerprint density at radius 1 is 1.04 bits per heavy atom. The predicted molar refractivity (Wildman–Crippen MR) is 87.9 cm³/mol. The quantitative estimate of drug-likeness (QED) is 0.853. The van der Waals surface area contributed by atoms with Crippen molar-refractivity contribution in [2.75, 3.05) is 21.3 Å². The van der Waals surface area contributed by atoms with Gasteiger partial charge in [-0.2, -0.15) is 0 Å². The third kappa shape index (κ3) is 4.23. The molecule has 0 aliphatic carbocycles. The third-order valence-corrected chi connectivity index (χ3v) is 3.42. The topological polar surface area (TPSA) is 56.8 Å². The molecule has 1 N–H and O–H groups in total. The zero-order valence-electron chi connectivity index (χ0n) is 13.6. The molecule has 5 nitrogen and oxygen atoms in total. The van der Waals surface area contributed by atoms with Crippen LogP contribution in [0.1, 0.15) is 21.5 Å². The number of benzene rings is 2. The molecular formula is C18H21NO4. The Kier molecular flexibility index (Phi) is 6.00. The summed E-state index contributed by atoms with van der Waals surface area (Å²) in [6.07, 6.45) is 0. The van der Waals surface area contributed by atoms with Gasteiger partial charge in [-0.05, 0) is 23.8 Å². The Morgan fingerprint density at radius 2 is 1.83 bits per heavy atom. The van der Waals surface area contributed by atoms with Gasteiger partial charge in [0, 0.05) is 24.8 Å². The lowest BCUT2D eigenvalue weighted by molar-refractivity contribution is 0.0950. The van der Waals surface area contributed by atoms with Gasteiger partial charge in [0.25, 0.3) is 5.91 Å². The van der Waals surface area contributed by atoms with Crippen molar-refractivity contribution in [3.63, 3.8) is 0 Å². The highest BCUT2D eigenvalue weighted by Gasteiger charge is 2.11. The summed E-state index contributed by atoms with van der Waals surface area (Å²) in [4.78, 5) is 12.3. The minimum absolute atomic E-state index is 0.146. The molecule has 0 aliphatic heterocycles. The van der Waals surface area contributed by atoms with Crippen LogP contribution in [0.3, 0.4) is 0 Å². The summed E-state index contributed by atoms with van der Waals surface area (Å²) in [6.45, 7) is 0.832. The van der Waals surface area contributed by atoms with Crippen molar-refractivity contribution >= 4 is 5.91 Å². The molecule has 1 amide bonds. The van der Waals surface area contributed by atoms with E-state index in [0.717, 1.165) is 11.1 Å². The number of carbonyl (C=O) groups is 1. The number of nitrogens with one attached hydrogen (secondary N) is 1. The first-order valence-corrected chi connectivity index (χ1v) is 7.25. The molecule has 0 saturated carbocycles. The Morgan fingerprint density at radius 3 is 2.52 bits per heavy atom. The molecule has 0 aliphatic rings. The highest BCUT2D eigenvalue weighted by molar-refractivity contribution is 5.94. The monoisotopic (exact) mass is 315 g/mol. The molecule has 0 spiro atoms.